The molecule has 1 saturated carbocycles. The van der Waals surface area contributed by atoms with E-state index in [9.17, 15) is 9.90 Å². The first-order valence-corrected chi connectivity index (χ1v) is 7.16. The normalized spacial score (nSPS) is 17.8. The van der Waals surface area contributed by atoms with Gasteiger partial charge >= 0.3 is 5.97 Å². The third-order valence-corrected chi connectivity index (χ3v) is 4.21. The monoisotopic (exact) mass is 270 g/mol. The van der Waals surface area contributed by atoms with Crippen molar-refractivity contribution in [1.82, 2.24) is 0 Å². The Kier molecular flexibility index (Phi) is 4.60. The van der Waals surface area contributed by atoms with Crippen LogP contribution in [-0.4, -0.2) is 28.9 Å². The summed E-state index contributed by atoms with van der Waals surface area (Å²) in [4.78, 5) is 10.9. The number of hydrogen-bond donors (Lipinski definition) is 2. The van der Waals surface area contributed by atoms with Crippen LogP contribution in [0, 0.1) is 5.92 Å². The highest BCUT2D eigenvalue weighted by Gasteiger charge is 2.19. The van der Waals surface area contributed by atoms with Crippen LogP contribution < -0.4 is 4.74 Å². The van der Waals surface area contributed by atoms with E-state index < -0.39 is 12.1 Å². The molecule has 100 valence electrons. The SMILES string of the molecule is O=C(O)c1cc(OCC(O)CC2CCCC2)cs1. The Morgan fingerprint density at radius 2 is 2.22 bits per heavy atom. The molecule has 0 amide bonds. The first kappa shape index (κ1) is 13.4. The predicted molar refractivity (Wildman–Crippen MR) is 69.4 cm³/mol. The molecule has 1 aliphatic carbocycles. The Balaban J connectivity index is 1.74. The van der Waals surface area contributed by atoms with Crippen LogP contribution in [-0.2, 0) is 0 Å². The number of thiophene rings is 1. The molecule has 1 aromatic heterocycles. The largest absolute Gasteiger partial charge is 0.490 e. The molecule has 0 saturated heterocycles. The zero-order chi connectivity index (χ0) is 13.0. The topological polar surface area (TPSA) is 66.8 Å². The minimum absolute atomic E-state index is 0.242. The van der Waals surface area contributed by atoms with E-state index >= 15 is 0 Å². The van der Waals surface area contributed by atoms with Crippen molar-refractivity contribution in [2.24, 2.45) is 5.92 Å². The van der Waals surface area contributed by atoms with Crippen LogP contribution in [0.15, 0.2) is 11.4 Å². The van der Waals surface area contributed by atoms with Crippen LogP contribution in [0.5, 0.6) is 5.75 Å². The van der Waals surface area contributed by atoms with Crippen LogP contribution in [0.3, 0.4) is 0 Å². The van der Waals surface area contributed by atoms with Gasteiger partial charge in [-0.25, -0.2) is 4.79 Å². The highest BCUT2D eigenvalue weighted by molar-refractivity contribution is 7.12. The molecule has 18 heavy (non-hydrogen) atoms. The number of rotatable bonds is 6. The van der Waals surface area contributed by atoms with Crippen LogP contribution in [0.2, 0.25) is 0 Å². The lowest BCUT2D eigenvalue weighted by atomic mass is 10.0. The van der Waals surface area contributed by atoms with Gasteiger partial charge in [0, 0.05) is 11.4 Å². The highest BCUT2D eigenvalue weighted by atomic mass is 32.1. The molecule has 5 heteroatoms. The van der Waals surface area contributed by atoms with E-state index in [1.807, 2.05) is 0 Å². The van der Waals surface area contributed by atoms with Crippen molar-refractivity contribution in [3.63, 3.8) is 0 Å². The molecule has 0 aliphatic heterocycles. The van der Waals surface area contributed by atoms with Crippen molar-refractivity contribution in [3.05, 3.63) is 16.3 Å². The minimum atomic E-state index is -0.943. The summed E-state index contributed by atoms with van der Waals surface area (Å²) in [5.74, 6) is 0.213. The van der Waals surface area contributed by atoms with Gasteiger partial charge in [-0.05, 0) is 12.3 Å². The molecule has 2 rings (SSSR count). The summed E-state index contributed by atoms with van der Waals surface area (Å²) in [6.45, 7) is 0.242. The summed E-state index contributed by atoms with van der Waals surface area (Å²) < 4.78 is 5.41. The molecule has 0 bridgehead atoms. The van der Waals surface area contributed by atoms with E-state index in [-0.39, 0.29) is 11.5 Å². The minimum Gasteiger partial charge on any atom is -0.490 e. The highest BCUT2D eigenvalue weighted by Crippen LogP contribution is 2.29. The van der Waals surface area contributed by atoms with Gasteiger partial charge in [0.25, 0.3) is 0 Å². The summed E-state index contributed by atoms with van der Waals surface area (Å²) in [7, 11) is 0. The number of aromatic carboxylic acids is 1. The molecule has 0 spiro atoms. The van der Waals surface area contributed by atoms with E-state index in [4.69, 9.17) is 9.84 Å². The number of aliphatic hydroxyl groups excluding tert-OH is 1. The third kappa shape index (κ3) is 3.71. The van der Waals surface area contributed by atoms with Crippen molar-refractivity contribution < 1.29 is 19.7 Å². The fourth-order valence-corrected chi connectivity index (χ4v) is 3.06. The number of carboxylic acid groups (broad SMARTS) is 1. The van der Waals surface area contributed by atoms with E-state index in [1.54, 1.807) is 5.38 Å². The van der Waals surface area contributed by atoms with Gasteiger partial charge < -0.3 is 14.9 Å². The fraction of sp³-hybridized carbons (Fsp3) is 0.615. The number of hydrogen-bond acceptors (Lipinski definition) is 4. The Hall–Kier alpha value is -1.07. The molecule has 1 aromatic rings. The van der Waals surface area contributed by atoms with Crippen LogP contribution in [0.1, 0.15) is 41.8 Å². The molecule has 1 fully saturated rings. The molecule has 1 atom stereocenters. The maximum absolute atomic E-state index is 10.7. The van der Waals surface area contributed by atoms with E-state index in [2.05, 4.69) is 0 Å². The molecule has 0 radical (unpaired) electrons. The molecule has 1 heterocycles. The van der Waals surface area contributed by atoms with E-state index in [0.29, 0.717) is 11.7 Å². The van der Waals surface area contributed by atoms with Gasteiger partial charge in [-0.1, -0.05) is 25.7 Å². The third-order valence-electron chi connectivity index (χ3n) is 3.31. The maximum Gasteiger partial charge on any atom is 0.346 e. The summed E-state index contributed by atoms with van der Waals surface area (Å²) in [5, 5.41) is 20.3. The second-order valence-electron chi connectivity index (χ2n) is 4.80. The van der Waals surface area contributed by atoms with E-state index in [0.717, 1.165) is 17.8 Å². The van der Waals surface area contributed by atoms with Gasteiger partial charge in [-0.3, -0.25) is 0 Å². The molecular formula is C13H18O4S. The lowest BCUT2D eigenvalue weighted by molar-refractivity contribution is 0.0701. The van der Waals surface area contributed by atoms with Gasteiger partial charge in [0.2, 0.25) is 0 Å². The molecule has 1 unspecified atom stereocenters. The van der Waals surface area contributed by atoms with Gasteiger partial charge in [0.05, 0.1) is 6.10 Å². The lowest BCUT2D eigenvalue weighted by Gasteiger charge is -2.15. The van der Waals surface area contributed by atoms with Crippen molar-refractivity contribution in [2.75, 3.05) is 6.61 Å². The summed E-state index contributed by atoms with van der Waals surface area (Å²) in [5.41, 5.74) is 0. The van der Waals surface area contributed by atoms with Gasteiger partial charge in [-0.2, -0.15) is 0 Å². The predicted octanol–water partition coefficient (Wildman–Crippen LogP) is 2.77. The summed E-state index contributed by atoms with van der Waals surface area (Å²) >= 11 is 1.14. The molecule has 2 N–H and O–H groups in total. The van der Waals surface area contributed by atoms with Crippen molar-refractivity contribution in [2.45, 2.75) is 38.2 Å². The average molecular weight is 270 g/mol. The number of carbonyl (C=O) groups is 1. The zero-order valence-corrected chi connectivity index (χ0v) is 11.0. The summed E-state index contributed by atoms with van der Waals surface area (Å²) in [6, 6.07) is 1.50. The van der Waals surface area contributed by atoms with Crippen LogP contribution in [0.25, 0.3) is 0 Å². The van der Waals surface area contributed by atoms with Crippen LogP contribution >= 0.6 is 11.3 Å². The molecular weight excluding hydrogens is 252 g/mol. The van der Waals surface area contributed by atoms with Gasteiger partial charge in [-0.15, -0.1) is 11.3 Å². The first-order chi connectivity index (χ1) is 8.65. The Labute approximate surface area is 110 Å². The molecule has 1 aliphatic rings. The maximum atomic E-state index is 10.7. The first-order valence-electron chi connectivity index (χ1n) is 6.28. The van der Waals surface area contributed by atoms with E-state index in [1.165, 1.54) is 31.7 Å². The lowest BCUT2D eigenvalue weighted by Crippen LogP contribution is -2.20. The average Bonchev–Trinajstić information content (AvgIpc) is 2.96. The number of ether oxygens (including phenoxy) is 1. The van der Waals surface area contributed by atoms with Crippen molar-refractivity contribution in [3.8, 4) is 5.75 Å². The Bertz CT molecular complexity index is 395. The number of carboxylic acids is 1. The van der Waals surface area contributed by atoms with Crippen LogP contribution in [0.4, 0.5) is 0 Å². The van der Waals surface area contributed by atoms with Gasteiger partial charge in [0.15, 0.2) is 0 Å². The molecule has 0 aromatic carbocycles. The Morgan fingerprint density at radius 3 is 2.83 bits per heavy atom. The van der Waals surface area contributed by atoms with Crippen molar-refractivity contribution in [1.29, 1.82) is 0 Å². The fourth-order valence-electron chi connectivity index (χ4n) is 2.40. The Morgan fingerprint density at radius 1 is 1.50 bits per heavy atom. The molecule has 4 nitrogen and oxygen atoms in total. The second-order valence-corrected chi connectivity index (χ2v) is 5.71. The number of aliphatic hydroxyl groups is 1. The summed E-state index contributed by atoms with van der Waals surface area (Å²) in [6.07, 6.45) is 5.28. The zero-order valence-electron chi connectivity index (χ0n) is 10.2. The second kappa shape index (κ2) is 6.20. The van der Waals surface area contributed by atoms with Crippen molar-refractivity contribution >= 4 is 17.3 Å². The standard InChI is InChI=1S/C13H18O4S/c14-10(5-9-3-1-2-4-9)7-17-11-6-12(13(15)16)18-8-11/h6,8-10,14H,1-5,7H2,(H,15,16). The van der Waals surface area contributed by atoms with Gasteiger partial charge in [0.1, 0.15) is 17.2 Å². The quantitative estimate of drug-likeness (QED) is 0.834. The smallest absolute Gasteiger partial charge is 0.346 e.